The standard InChI is InChI=1S/C29H36O5/c1-20-10-8-11-21(2)18-25(33-27(30)16-15-23-13-6-5-7-14-23)24-19-26(34-28(31)22(24)3)29(4,32)17-9-12-20/h5-7,11-16,24-26,32H,3,8-10,17-19H2,1-2,4H3/b16-15?,20-12-,21-11-. The van der Waals surface area contributed by atoms with Crippen LogP contribution in [-0.2, 0) is 19.1 Å². The predicted molar refractivity (Wildman–Crippen MR) is 134 cm³/mol. The Kier molecular flexibility index (Phi) is 8.67. The van der Waals surface area contributed by atoms with E-state index in [0.29, 0.717) is 25.7 Å². The van der Waals surface area contributed by atoms with Gasteiger partial charge in [0.05, 0.1) is 5.60 Å². The molecule has 4 atom stereocenters. The normalized spacial score (nSPS) is 32.1. The summed E-state index contributed by atoms with van der Waals surface area (Å²) in [5.74, 6) is -1.45. The first-order chi connectivity index (χ1) is 16.2. The lowest BCUT2D eigenvalue weighted by Crippen LogP contribution is -2.49. The van der Waals surface area contributed by atoms with E-state index in [-0.39, 0.29) is 5.57 Å². The molecule has 1 heterocycles. The fourth-order valence-electron chi connectivity index (χ4n) is 4.54. The van der Waals surface area contributed by atoms with Crippen molar-refractivity contribution in [1.29, 1.82) is 0 Å². The molecule has 1 N–H and O–H groups in total. The van der Waals surface area contributed by atoms with E-state index >= 15 is 0 Å². The Hall–Kier alpha value is -2.92. The highest BCUT2D eigenvalue weighted by molar-refractivity contribution is 5.90. The van der Waals surface area contributed by atoms with Crippen LogP contribution in [0, 0.1) is 5.92 Å². The van der Waals surface area contributed by atoms with E-state index in [4.69, 9.17) is 9.47 Å². The van der Waals surface area contributed by atoms with Crippen LogP contribution in [0.15, 0.2) is 71.9 Å². The molecule has 1 aliphatic carbocycles. The highest BCUT2D eigenvalue weighted by atomic mass is 16.6. The quantitative estimate of drug-likeness (QED) is 0.353. The van der Waals surface area contributed by atoms with E-state index in [1.807, 2.05) is 37.3 Å². The second kappa shape index (κ2) is 11.5. The number of carbonyl (C=O) groups excluding carboxylic acids is 2. The van der Waals surface area contributed by atoms with Gasteiger partial charge in [-0.1, -0.05) is 60.2 Å². The van der Waals surface area contributed by atoms with Crippen LogP contribution in [-0.4, -0.2) is 34.9 Å². The molecule has 3 rings (SSSR count). The smallest absolute Gasteiger partial charge is 0.334 e. The van der Waals surface area contributed by atoms with Crippen LogP contribution >= 0.6 is 0 Å². The summed E-state index contributed by atoms with van der Waals surface area (Å²) in [6.45, 7) is 9.77. The number of hydrogen-bond acceptors (Lipinski definition) is 5. The summed E-state index contributed by atoms with van der Waals surface area (Å²) in [5, 5.41) is 11.2. The molecule has 34 heavy (non-hydrogen) atoms. The van der Waals surface area contributed by atoms with Crippen molar-refractivity contribution in [3.05, 3.63) is 77.4 Å². The van der Waals surface area contributed by atoms with Gasteiger partial charge in [-0.3, -0.25) is 0 Å². The number of benzene rings is 1. The maximum Gasteiger partial charge on any atom is 0.334 e. The topological polar surface area (TPSA) is 72.8 Å². The summed E-state index contributed by atoms with van der Waals surface area (Å²) >= 11 is 0. The van der Waals surface area contributed by atoms with Gasteiger partial charge in [0.1, 0.15) is 12.2 Å². The molecule has 2 aliphatic rings. The van der Waals surface area contributed by atoms with Gasteiger partial charge in [0, 0.05) is 24.0 Å². The Morgan fingerprint density at radius 1 is 1.18 bits per heavy atom. The van der Waals surface area contributed by atoms with Crippen molar-refractivity contribution in [2.75, 3.05) is 0 Å². The number of hydrogen-bond donors (Lipinski definition) is 1. The van der Waals surface area contributed by atoms with E-state index in [1.54, 1.807) is 13.0 Å². The molecule has 0 saturated carbocycles. The number of aliphatic hydroxyl groups is 1. The van der Waals surface area contributed by atoms with E-state index in [1.165, 1.54) is 11.6 Å². The highest BCUT2D eigenvalue weighted by Gasteiger charge is 2.45. The van der Waals surface area contributed by atoms with Crippen LogP contribution < -0.4 is 0 Å². The zero-order chi connectivity index (χ0) is 24.7. The van der Waals surface area contributed by atoms with Gasteiger partial charge in [0.2, 0.25) is 0 Å². The molecule has 2 bridgehead atoms. The van der Waals surface area contributed by atoms with E-state index in [0.717, 1.165) is 24.0 Å². The minimum atomic E-state index is -1.19. The molecular formula is C29H36O5. The second-order valence-electron chi connectivity index (χ2n) is 9.72. The first-order valence-electron chi connectivity index (χ1n) is 12.0. The van der Waals surface area contributed by atoms with E-state index in [2.05, 4.69) is 25.7 Å². The van der Waals surface area contributed by atoms with Crippen LogP contribution in [0.3, 0.4) is 0 Å². The maximum absolute atomic E-state index is 12.8. The molecule has 4 unspecified atom stereocenters. The second-order valence-corrected chi connectivity index (χ2v) is 9.72. The third-order valence-corrected chi connectivity index (χ3v) is 6.75. The summed E-state index contributed by atoms with van der Waals surface area (Å²) in [6, 6.07) is 9.52. The lowest BCUT2D eigenvalue weighted by atomic mass is 9.78. The Morgan fingerprint density at radius 3 is 2.62 bits per heavy atom. The monoisotopic (exact) mass is 464 g/mol. The average molecular weight is 465 g/mol. The predicted octanol–water partition coefficient (Wildman–Crippen LogP) is 5.71. The fraction of sp³-hybridized carbons (Fsp3) is 0.448. The number of allylic oxidation sites excluding steroid dienone is 3. The molecular weight excluding hydrogens is 428 g/mol. The zero-order valence-electron chi connectivity index (χ0n) is 20.5. The minimum absolute atomic E-state index is 0.285. The third kappa shape index (κ3) is 7.04. The highest BCUT2D eigenvalue weighted by Crippen LogP contribution is 2.37. The molecule has 1 aliphatic heterocycles. The molecule has 5 nitrogen and oxygen atoms in total. The Balaban J connectivity index is 1.88. The number of fused-ring (bicyclic) bond motifs is 2. The van der Waals surface area contributed by atoms with Gasteiger partial charge < -0.3 is 14.6 Å². The summed E-state index contributed by atoms with van der Waals surface area (Å²) in [7, 11) is 0. The molecule has 1 aromatic carbocycles. The fourth-order valence-corrected chi connectivity index (χ4v) is 4.54. The van der Waals surface area contributed by atoms with Gasteiger partial charge in [0.25, 0.3) is 0 Å². The van der Waals surface area contributed by atoms with Gasteiger partial charge in [-0.2, -0.15) is 0 Å². The molecule has 1 saturated heterocycles. The minimum Gasteiger partial charge on any atom is -0.458 e. The molecule has 1 fully saturated rings. The lowest BCUT2D eigenvalue weighted by molar-refractivity contribution is -0.173. The first kappa shape index (κ1) is 25.7. The summed E-state index contributed by atoms with van der Waals surface area (Å²) in [4.78, 5) is 25.5. The van der Waals surface area contributed by atoms with Gasteiger partial charge in [0.15, 0.2) is 0 Å². The maximum atomic E-state index is 12.8. The summed E-state index contributed by atoms with van der Waals surface area (Å²) in [5.41, 5.74) is 2.34. The van der Waals surface area contributed by atoms with Crippen LogP contribution in [0.25, 0.3) is 6.08 Å². The van der Waals surface area contributed by atoms with Crippen LogP contribution in [0.1, 0.15) is 64.9 Å². The van der Waals surface area contributed by atoms with Crippen molar-refractivity contribution >= 4 is 18.0 Å². The average Bonchev–Trinajstić information content (AvgIpc) is 2.79. The molecule has 0 aromatic heterocycles. The summed E-state index contributed by atoms with van der Waals surface area (Å²) < 4.78 is 11.5. The Bertz CT molecular complexity index is 983. The van der Waals surface area contributed by atoms with Crippen molar-refractivity contribution in [3.63, 3.8) is 0 Å². The first-order valence-corrected chi connectivity index (χ1v) is 12.0. The molecule has 0 amide bonds. The molecule has 0 spiro atoms. The lowest BCUT2D eigenvalue weighted by Gasteiger charge is -2.40. The number of carbonyl (C=O) groups is 2. The molecule has 1 aromatic rings. The zero-order valence-corrected chi connectivity index (χ0v) is 20.5. The van der Waals surface area contributed by atoms with Crippen LogP contribution in [0.5, 0.6) is 0 Å². The van der Waals surface area contributed by atoms with E-state index < -0.39 is 35.7 Å². The van der Waals surface area contributed by atoms with Gasteiger partial charge >= 0.3 is 11.9 Å². The summed E-state index contributed by atoms with van der Waals surface area (Å²) in [6.07, 6.45) is 9.98. The number of ether oxygens (including phenoxy) is 2. The largest absolute Gasteiger partial charge is 0.458 e. The Morgan fingerprint density at radius 2 is 1.88 bits per heavy atom. The SMILES string of the molecule is C=C1C(=O)OC2CC1C(OC(=O)C=Cc1ccccc1)C/C(C)=C\CC/C(C)=C\CCC2(C)O. The van der Waals surface area contributed by atoms with Crippen LogP contribution in [0.4, 0.5) is 0 Å². The van der Waals surface area contributed by atoms with Crippen molar-refractivity contribution in [3.8, 4) is 0 Å². The Labute approximate surface area is 202 Å². The molecule has 0 radical (unpaired) electrons. The molecule has 5 heteroatoms. The van der Waals surface area contributed by atoms with Gasteiger partial charge in [-0.15, -0.1) is 0 Å². The van der Waals surface area contributed by atoms with Crippen molar-refractivity contribution in [1.82, 2.24) is 0 Å². The van der Waals surface area contributed by atoms with Gasteiger partial charge in [-0.05, 0) is 64.5 Å². The van der Waals surface area contributed by atoms with Crippen LogP contribution in [0.2, 0.25) is 0 Å². The third-order valence-electron chi connectivity index (χ3n) is 6.75. The van der Waals surface area contributed by atoms with E-state index in [9.17, 15) is 14.7 Å². The van der Waals surface area contributed by atoms with Crippen molar-refractivity contribution in [2.45, 2.75) is 77.1 Å². The van der Waals surface area contributed by atoms with Gasteiger partial charge in [-0.25, -0.2) is 9.59 Å². The number of rotatable bonds is 3. The van der Waals surface area contributed by atoms with Crippen molar-refractivity contribution in [2.24, 2.45) is 5.92 Å². The molecule has 182 valence electrons. The number of esters is 2. The van der Waals surface area contributed by atoms with Crippen molar-refractivity contribution < 1.29 is 24.2 Å².